The first-order valence-corrected chi connectivity index (χ1v) is 5.98. The van der Waals surface area contributed by atoms with Crippen LogP contribution in [0.5, 0.6) is 6.01 Å². The van der Waals surface area contributed by atoms with Crippen LogP contribution in [0.15, 0.2) is 35.7 Å². The van der Waals surface area contributed by atoms with E-state index in [9.17, 15) is 4.79 Å². The van der Waals surface area contributed by atoms with Crippen molar-refractivity contribution in [3.05, 3.63) is 41.7 Å². The van der Waals surface area contributed by atoms with E-state index >= 15 is 0 Å². The number of methoxy groups -OCH3 is 1. The van der Waals surface area contributed by atoms with Gasteiger partial charge in [-0.3, -0.25) is 4.79 Å². The number of nitrogens with zero attached hydrogens (tertiary/aromatic N) is 3. The number of carbonyl (C=O) groups excluding carboxylic acids is 1. The number of ether oxygens (including phenoxy) is 1. The Balaban J connectivity index is 2.01. The molecule has 0 fully saturated rings. The summed E-state index contributed by atoms with van der Waals surface area (Å²) in [5, 5.41) is 11.8. The Labute approximate surface area is 114 Å². The fourth-order valence-electron chi connectivity index (χ4n) is 2.19. The second kappa shape index (κ2) is 4.73. The van der Waals surface area contributed by atoms with Crippen molar-refractivity contribution in [1.82, 2.24) is 9.97 Å². The maximum atomic E-state index is 12.0. The van der Waals surface area contributed by atoms with Crippen LogP contribution in [0.4, 0.5) is 0 Å². The molecule has 0 aliphatic heterocycles. The van der Waals surface area contributed by atoms with E-state index in [0.717, 1.165) is 16.7 Å². The van der Waals surface area contributed by atoms with Crippen molar-refractivity contribution in [2.45, 2.75) is 6.42 Å². The largest absolute Gasteiger partial charge is 0.467 e. The Morgan fingerprint density at radius 2 is 2.00 bits per heavy atom. The van der Waals surface area contributed by atoms with Gasteiger partial charge in [-0.2, -0.15) is 0 Å². The van der Waals surface area contributed by atoms with Crippen molar-refractivity contribution < 1.29 is 14.7 Å². The van der Waals surface area contributed by atoms with Crippen LogP contribution in [0.3, 0.4) is 0 Å². The van der Waals surface area contributed by atoms with Gasteiger partial charge in [0, 0.05) is 29.9 Å². The lowest BCUT2D eigenvalue weighted by Crippen LogP contribution is -2.06. The average molecular weight is 269 g/mol. The summed E-state index contributed by atoms with van der Waals surface area (Å²) in [7, 11) is 1.50. The summed E-state index contributed by atoms with van der Waals surface area (Å²) >= 11 is 0. The van der Waals surface area contributed by atoms with Gasteiger partial charge in [-0.25, -0.2) is 9.97 Å². The molecule has 0 atom stereocenters. The number of carbonyl (C=O) groups is 1. The van der Waals surface area contributed by atoms with Crippen LogP contribution >= 0.6 is 0 Å². The van der Waals surface area contributed by atoms with Gasteiger partial charge in [0.1, 0.15) is 5.71 Å². The van der Waals surface area contributed by atoms with E-state index in [-0.39, 0.29) is 11.5 Å². The lowest BCUT2D eigenvalue weighted by Gasteiger charge is -2.04. The molecule has 0 bridgehead atoms. The van der Waals surface area contributed by atoms with Crippen molar-refractivity contribution >= 4 is 11.5 Å². The van der Waals surface area contributed by atoms with Crippen molar-refractivity contribution in [3.63, 3.8) is 0 Å². The van der Waals surface area contributed by atoms with Crippen molar-refractivity contribution in [2.24, 2.45) is 5.16 Å². The Morgan fingerprint density at radius 3 is 2.65 bits per heavy atom. The topological polar surface area (TPSA) is 84.7 Å². The molecule has 3 rings (SSSR count). The zero-order valence-corrected chi connectivity index (χ0v) is 10.7. The van der Waals surface area contributed by atoms with Crippen LogP contribution in [-0.2, 0) is 6.42 Å². The standard InChI is InChI=1S/C14H11N3O3/c1-20-14-15-6-10(7-16-14)8-2-3-9-5-12(17-19)13(18)11(9)4-8/h2-4,6-7,19H,5H2,1H3/b17-12-. The van der Waals surface area contributed by atoms with Gasteiger partial charge in [0.05, 0.1) is 7.11 Å². The third kappa shape index (κ3) is 1.91. The molecule has 1 heterocycles. The number of hydrogen-bond donors (Lipinski definition) is 1. The first kappa shape index (κ1) is 12.3. The minimum atomic E-state index is -0.237. The molecular weight excluding hydrogens is 258 g/mol. The van der Waals surface area contributed by atoms with Crippen molar-refractivity contribution in [3.8, 4) is 17.1 Å². The van der Waals surface area contributed by atoms with Crippen LogP contribution in [0, 0.1) is 0 Å². The molecule has 0 saturated heterocycles. The quantitative estimate of drug-likeness (QED) is 0.662. The lowest BCUT2D eigenvalue weighted by molar-refractivity contribution is 0.106. The van der Waals surface area contributed by atoms with Gasteiger partial charge in [0.15, 0.2) is 0 Å². The first-order valence-electron chi connectivity index (χ1n) is 5.98. The normalized spacial score (nSPS) is 15.4. The van der Waals surface area contributed by atoms with E-state index in [4.69, 9.17) is 9.94 Å². The van der Waals surface area contributed by atoms with Crippen LogP contribution in [0.2, 0.25) is 0 Å². The predicted octanol–water partition coefficient (Wildman–Crippen LogP) is 1.72. The number of oxime groups is 1. The number of hydrogen-bond acceptors (Lipinski definition) is 6. The number of ketones is 1. The average Bonchev–Trinajstić information content (AvgIpc) is 2.83. The number of rotatable bonds is 2. The number of benzene rings is 1. The highest BCUT2D eigenvalue weighted by Gasteiger charge is 2.27. The summed E-state index contributed by atoms with van der Waals surface area (Å²) in [6.45, 7) is 0. The number of fused-ring (bicyclic) bond motifs is 1. The Hall–Kier alpha value is -2.76. The van der Waals surface area contributed by atoms with E-state index in [0.29, 0.717) is 18.0 Å². The molecule has 100 valence electrons. The third-order valence-corrected chi connectivity index (χ3v) is 3.24. The summed E-state index contributed by atoms with van der Waals surface area (Å²) < 4.78 is 4.90. The molecule has 0 spiro atoms. The molecule has 6 nitrogen and oxygen atoms in total. The molecule has 6 heteroatoms. The summed E-state index contributed by atoms with van der Waals surface area (Å²) in [5.41, 5.74) is 3.21. The molecule has 0 amide bonds. The van der Waals surface area contributed by atoms with Crippen molar-refractivity contribution in [1.29, 1.82) is 0 Å². The minimum absolute atomic E-state index is 0.170. The Kier molecular flexibility index (Phi) is 2.90. The molecule has 1 aliphatic rings. The van der Waals surface area contributed by atoms with E-state index in [1.807, 2.05) is 12.1 Å². The van der Waals surface area contributed by atoms with E-state index < -0.39 is 0 Å². The maximum absolute atomic E-state index is 12.0. The third-order valence-electron chi connectivity index (χ3n) is 3.24. The van der Waals surface area contributed by atoms with Gasteiger partial charge in [0.2, 0.25) is 5.78 Å². The molecule has 0 saturated carbocycles. The van der Waals surface area contributed by atoms with Crippen LogP contribution in [0.25, 0.3) is 11.1 Å². The predicted molar refractivity (Wildman–Crippen MR) is 71.3 cm³/mol. The molecule has 1 aromatic heterocycles. The van der Waals surface area contributed by atoms with Gasteiger partial charge in [-0.15, -0.1) is 0 Å². The van der Waals surface area contributed by atoms with E-state index in [1.165, 1.54) is 7.11 Å². The van der Waals surface area contributed by atoms with Gasteiger partial charge in [0.25, 0.3) is 0 Å². The second-order valence-corrected chi connectivity index (χ2v) is 4.38. The highest BCUT2D eigenvalue weighted by molar-refractivity contribution is 6.49. The highest BCUT2D eigenvalue weighted by Crippen LogP contribution is 2.27. The summed E-state index contributed by atoms with van der Waals surface area (Å²) in [4.78, 5) is 20.0. The van der Waals surface area contributed by atoms with Gasteiger partial charge in [-0.1, -0.05) is 17.3 Å². The summed E-state index contributed by atoms with van der Waals surface area (Å²) in [6.07, 6.45) is 3.63. The monoisotopic (exact) mass is 269 g/mol. The fraction of sp³-hybridized carbons (Fsp3) is 0.143. The first-order chi connectivity index (χ1) is 9.72. The van der Waals surface area contributed by atoms with Crippen LogP contribution in [-0.4, -0.2) is 33.8 Å². The van der Waals surface area contributed by atoms with E-state index in [1.54, 1.807) is 18.5 Å². The zero-order valence-electron chi connectivity index (χ0n) is 10.7. The zero-order chi connectivity index (χ0) is 14.1. The molecule has 0 radical (unpaired) electrons. The summed E-state index contributed by atoms with van der Waals surface area (Å²) in [6, 6.07) is 5.80. The molecule has 1 aromatic carbocycles. The molecule has 2 aromatic rings. The maximum Gasteiger partial charge on any atom is 0.316 e. The minimum Gasteiger partial charge on any atom is -0.467 e. The Bertz CT molecular complexity index is 708. The van der Waals surface area contributed by atoms with E-state index in [2.05, 4.69) is 15.1 Å². The van der Waals surface area contributed by atoms with Gasteiger partial charge >= 0.3 is 6.01 Å². The Morgan fingerprint density at radius 1 is 1.25 bits per heavy atom. The fourth-order valence-corrected chi connectivity index (χ4v) is 2.19. The van der Waals surface area contributed by atoms with Crippen LogP contribution < -0.4 is 4.74 Å². The number of Topliss-reactive ketones (excluding diaryl/α,β-unsaturated/α-hetero) is 1. The van der Waals surface area contributed by atoms with Crippen molar-refractivity contribution in [2.75, 3.05) is 7.11 Å². The molecule has 1 aliphatic carbocycles. The smallest absolute Gasteiger partial charge is 0.316 e. The highest BCUT2D eigenvalue weighted by atomic mass is 16.5. The lowest BCUT2D eigenvalue weighted by atomic mass is 10.0. The van der Waals surface area contributed by atoms with Gasteiger partial charge < -0.3 is 9.94 Å². The second-order valence-electron chi connectivity index (χ2n) is 4.38. The summed E-state index contributed by atoms with van der Waals surface area (Å²) in [5.74, 6) is -0.237. The number of aromatic nitrogens is 2. The molecule has 0 unspecified atom stereocenters. The molecule has 1 N–H and O–H groups in total. The SMILES string of the molecule is COc1ncc(-c2ccc3c(c2)C(=O)/C(=N\O)C3)cn1. The molecular formula is C14H11N3O3. The van der Waals surface area contributed by atoms with Crippen LogP contribution in [0.1, 0.15) is 15.9 Å². The van der Waals surface area contributed by atoms with Gasteiger partial charge in [-0.05, 0) is 17.2 Å². The molecule has 20 heavy (non-hydrogen) atoms.